The smallest absolute Gasteiger partial charge is 0.338 e. The lowest BCUT2D eigenvalue weighted by atomic mass is 10.1. The van der Waals surface area contributed by atoms with Crippen molar-refractivity contribution in [3.8, 4) is 11.5 Å². The van der Waals surface area contributed by atoms with Crippen LogP contribution in [0, 0.1) is 0 Å². The molecule has 0 aromatic heterocycles. The van der Waals surface area contributed by atoms with Gasteiger partial charge in [0.2, 0.25) is 0 Å². The van der Waals surface area contributed by atoms with E-state index in [1.807, 2.05) is 0 Å². The monoisotopic (exact) mass is 316 g/mol. The molecule has 2 rings (SSSR count). The summed E-state index contributed by atoms with van der Waals surface area (Å²) in [5, 5.41) is 20.2. The minimum atomic E-state index is -0.578. The molecular formula is C17H16O6. The first kappa shape index (κ1) is 16.4. The summed E-state index contributed by atoms with van der Waals surface area (Å²) < 4.78 is 9.82. The normalized spacial score (nSPS) is 10.3. The van der Waals surface area contributed by atoms with Crippen molar-refractivity contribution in [1.82, 2.24) is 0 Å². The second-order valence-corrected chi connectivity index (χ2v) is 4.92. The van der Waals surface area contributed by atoms with E-state index in [1.165, 1.54) is 31.2 Å². The Balaban J connectivity index is 2.00. The molecule has 120 valence electrons. The molecule has 6 nitrogen and oxygen atoms in total. The summed E-state index contributed by atoms with van der Waals surface area (Å²) in [7, 11) is 0. The molecule has 23 heavy (non-hydrogen) atoms. The molecule has 0 atom stereocenters. The van der Waals surface area contributed by atoms with Gasteiger partial charge in [0, 0.05) is 11.0 Å². The van der Waals surface area contributed by atoms with E-state index < -0.39 is 11.9 Å². The van der Waals surface area contributed by atoms with Gasteiger partial charge in [-0.3, -0.25) is 0 Å². The third-order valence-electron chi connectivity index (χ3n) is 3.10. The number of hydrogen-bond acceptors (Lipinski definition) is 6. The first-order valence-corrected chi connectivity index (χ1v) is 6.84. The van der Waals surface area contributed by atoms with Crippen LogP contribution < -0.4 is 0 Å². The van der Waals surface area contributed by atoms with Crippen LogP contribution in [0.25, 0.3) is 10.8 Å². The molecule has 2 N–H and O–H groups in total. The minimum absolute atomic E-state index is 0.0559. The maximum Gasteiger partial charge on any atom is 0.338 e. The lowest BCUT2D eigenvalue weighted by Gasteiger charge is -2.08. The van der Waals surface area contributed by atoms with E-state index in [0.29, 0.717) is 10.8 Å². The number of benzene rings is 2. The van der Waals surface area contributed by atoms with Crippen LogP contribution in [0.15, 0.2) is 42.5 Å². The molecule has 0 bridgehead atoms. The molecule has 0 aliphatic rings. The fourth-order valence-electron chi connectivity index (χ4n) is 1.90. The predicted octanol–water partition coefficient (Wildman–Crippen LogP) is 2.53. The Hall–Kier alpha value is -3.02. The highest BCUT2D eigenvalue weighted by Crippen LogP contribution is 2.33. The van der Waals surface area contributed by atoms with Gasteiger partial charge in [0.1, 0.15) is 13.2 Å². The molecule has 0 saturated heterocycles. The number of ether oxygens (including phenoxy) is 2. The Morgan fingerprint density at radius 3 is 2.48 bits per heavy atom. The number of carbonyl (C=O) groups excluding carboxylic acids is 2. The molecule has 6 heteroatoms. The highest BCUT2D eigenvalue weighted by atomic mass is 16.6. The van der Waals surface area contributed by atoms with E-state index in [2.05, 4.69) is 6.58 Å². The highest BCUT2D eigenvalue weighted by molar-refractivity contribution is 5.98. The maximum atomic E-state index is 11.9. The maximum absolute atomic E-state index is 11.9. The Morgan fingerprint density at radius 1 is 1.09 bits per heavy atom. The van der Waals surface area contributed by atoms with Crippen LogP contribution in [0.2, 0.25) is 0 Å². The van der Waals surface area contributed by atoms with Gasteiger partial charge in [-0.05, 0) is 36.6 Å². The van der Waals surface area contributed by atoms with Crippen LogP contribution in [-0.4, -0.2) is 35.4 Å². The summed E-state index contributed by atoms with van der Waals surface area (Å²) >= 11 is 0. The third-order valence-corrected chi connectivity index (χ3v) is 3.10. The fraction of sp³-hybridized carbons (Fsp3) is 0.176. The van der Waals surface area contributed by atoms with Crippen LogP contribution in [0.3, 0.4) is 0 Å². The standard InChI is InChI=1S/C17H16O6/c1-10(2)16(20)22-7-8-23-17(21)12-3-5-13-11(9-12)4-6-14(18)15(13)19/h3-6,9,18-19H,1,7-8H2,2H3. The van der Waals surface area contributed by atoms with Crippen molar-refractivity contribution in [3.05, 3.63) is 48.0 Å². The van der Waals surface area contributed by atoms with Gasteiger partial charge in [-0.25, -0.2) is 9.59 Å². The molecule has 0 fully saturated rings. The van der Waals surface area contributed by atoms with Crippen molar-refractivity contribution in [3.63, 3.8) is 0 Å². The Morgan fingerprint density at radius 2 is 1.78 bits per heavy atom. The van der Waals surface area contributed by atoms with Crippen molar-refractivity contribution in [2.24, 2.45) is 0 Å². The summed E-state index contributed by atoms with van der Waals surface area (Å²) in [6.45, 7) is 4.83. The molecule has 0 amide bonds. The van der Waals surface area contributed by atoms with Crippen molar-refractivity contribution < 1.29 is 29.3 Å². The van der Waals surface area contributed by atoms with Crippen molar-refractivity contribution >= 4 is 22.7 Å². The quantitative estimate of drug-likeness (QED) is 0.381. The molecule has 0 radical (unpaired) electrons. The zero-order valence-electron chi connectivity index (χ0n) is 12.5. The van der Waals surface area contributed by atoms with Gasteiger partial charge >= 0.3 is 11.9 Å². The number of esters is 2. The van der Waals surface area contributed by atoms with Gasteiger partial charge in [-0.2, -0.15) is 0 Å². The summed E-state index contributed by atoms with van der Waals surface area (Å²) in [6.07, 6.45) is 0. The van der Waals surface area contributed by atoms with E-state index in [4.69, 9.17) is 9.47 Å². The van der Waals surface area contributed by atoms with Crippen molar-refractivity contribution in [2.45, 2.75) is 6.92 Å². The number of rotatable bonds is 5. The van der Waals surface area contributed by atoms with Gasteiger partial charge in [0.05, 0.1) is 5.56 Å². The van der Waals surface area contributed by atoms with E-state index >= 15 is 0 Å². The summed E-state index contributed by atoms with van der Waals surface area (Å²) in [5.74, 6) is -1.59. The zero-order valence-corrected chi connectivity index (χ0v) is 12.5. The minimum Gasteiger partial charge on any atom is -0.504 e. The Labute approximate surface area is 132 Å². The summed E-state index contributed by atoms with van der Waals surface area (Å²) in [5.41, 5.74) is 0.558. The van der Waals surface area contributed by atoms with Crippen LogP contribution in [-0.2, 0) is 14.3 Å². The number of carbonyl (C=O) groups is 2. The number of hydrogen-bond donors (Lipinski definition) is 2. The number of phenolic OH excluding ortho intramolecular Hbond substituents is 2. The van der Waals surface area contributed by atoms with Crippen molar-refractivity contribution in [1.29, 1.82) is 0 Å². The van der Waals surface area contributed by atoms with Crippen LogP contribution in [0.5, 0.6) is 11.5 Å². The first-order chi connectivity index (χ1) is 10.9. The van der Waals surface area contributed by atoms with Crippen LogP contribution in [0.4, 0.5) is 0 Å². The second kappa shape index (κ2) is 6.83. The van der Waals surface area contributed by atoms with Gasteiger partial charge in [-0.15, -0.1) is 0 Å². The molecule has 0 aliphatic carbocycles. The lowest BCUT2D eigenvalue weighted by Crippen LogP contribution is -2.14. The average molecular weight is 316 g/mol. The third kappa shape index (κ3) is 3.79. The van der Waals surface area contributed by atoms with E-state index in [-0.39, 0.29) is 35.8 Å². The largest absolute Gasteiger partial charge is 0.504 e. The SMILES string of the molecule is C=C(C)C(=O)OCCOC(=O)c1ccc2c(O)c(O)ccc2c1. The van der Waals surface area contributed by atoms with Gasteiger partial charge < -0.3 is 19.7 Å². The van der Waals surface area contributed by atoms with E-state index in [1.54, 1.807) is 6.07 Å². The lowest BCUT2D eigenvalue weighted by molar-refractivity contribution is -0.140. The Kier molecular flexibility index (Phi) is 4.85. The first-order valence-electron chi connectivity index (χ1n) is 6.84. The van der Waals surface area contributed by atoms with E-state index in [9.17, 15) is 19.8 Å². The van der Waals surface area contributed by atoms with Crippen LogP contribution >= 0.6 is 0 Å². The molecule has 0 saturated carbocycles. The summed E-state index contributed by atoms with van der Waals surface area (Å²) in [4.78, 5) is 23.1. The average Bonchev–Trinajstić information content (AvgIpc) is 2.54. The topological polar surface area (TPSA) is 93.1 Å². The number of aromatic hydroxyl groups is 2. The Bertz CT molecular complexity index is 778. The molecule has 0 heterocycles. The highest BCUT2D eigenvalue weighted by Gasteiger charge is 2.11. The molecule has 2 aromatic carbocycles. The number of fused-ring (bicyclic) bond motifs is 1. The van der Waals surface area contributed by atoms with Gasteiger partial charge in [0.25, 0.3) is 0 Å². The zero-order chi connectivity index (χ0) is 17.0. The van der Waals surface area contributed by atoms with Gasteiger partial charge in [0.15, 0.2) is 11.5 Å². The summed E-state index contributed by atoms with van der Waals surface area (Å²) in [6, 6.07) is 7.45. The van der Waals surface area contributed by atoms with Crippen molar-refractivity contribution in [2.75, 3.05) is 13.2 Å². The molecule has 0 aliphatic heterocycles. The number of phenols is 2. The van der Waals surface area contributed by atoms with Crippen LogP contribution in [0.1, 0.15) is 17.3 Å². The molecule has 2 aromatic rings. The fourth-order valence-corrected chi connectivity index (χ4v) is 1.90. The molecule has 0 unspecified atom stereocenters. The van der Waals surface area contributed by atoms with E-state index in [0.717, 1.165) is 0 Å². The molecular weight excluding hydrogens is 300 g/mol. The second-order valence-electron chi connectivity index (χ2n) is 4.92. The molecule has 0 spiro atoms. The van der Waals surface area contributed by atoms with Gasteiger partial charge in [-0.1, -0.05) is 12.6 Å². The predicted molar refractivity (Wildman–Crippen MR) is 83.3 cm³/mol.